The van der Waals surface area contributed by atoms with Crippen molar-refractivity contribution in [3.8, 4) is 11.1 Å². The maximum absolute atomic E-state index is 7.98. The van der Waals surface area contributed by atoms with E-state index in [0.29, 0.717) is 11.1 Å². The number of aryl methyl sites for hydroxylation is 4. The zero-order valence-corrected chi connectivity index (χ0v) is 55.7. The highest BCUT2D eigenvalue weighted by Crippen LogP contribution is 2.43. The molecular formula is C85H90O4. The summed E-state index contributed by atoms with van der Waals surface area (Å²) >= 11 is 0. The molecule has 0 N–H and O–H groups in total. The van der Waals surface area contributed by atoms with Crippen LogP contribution in [-0.2, 0) is 33.5 Å². The van der Waals surface area contributed by atoms with Crippen molar-refractivity contribution >= 4 is 87.8 Å². The van der Waals surface area contributed by atoms with Gasteiger partial charge in [-0.15, -0.1) is 0 Å². The van der Waals surface area contributed by atoms with E-state index < -0.39 is 6.85 Å². The van der Waals surface area contributed by atoms with Crippen LogP contribution in [-0.4, -0.2) is 0 Å². The van der Waals surface area contributed by atoms with Gasteiger partial charge in [-0.1, -0.05) is 243 Å². The highest BCUT2D eigenvalue weighted by atomic mass is 16.3. The Bertz CT molecular complexity index is 5040. The summed E-state index contributed by atoms with van der Waals surface area (Å²) in [5.41, 5.74) is 24.2. The van der Waals surface area contributed by atoms with Gasteiger partial charge < -0.3 is 17.7 Å². The van der Waals surface area contributed by atoms with Gasteiger partial charge in [-0.3, -0.25) is 0 Å². The average molecular weight is 1180 g/mol. The van der Waals surface area contributed by atoms with Crippen LogP contribution in [0.5, 0.6) is 0 Å². The summed E-state index contributed by atoms with van der Waals surface area (Å²) in [4.78, 5) is 0. The summed E-state index contributed by atoms with van der Waals surface area (Å²) in [5, 5.41) is 8.94. The quantitative estimate of drug-likeness (QED) is 0.152. The first-order valence-corrected chi connectivity index (χ1v) is 31.6. The van der Waals surface area contributed by atoms with Crippen molar-refractivity contribution in [1.82, 2.24) is 0 Å². The van der Waals surface area contributed by atoms with Crippen LogP contribution in [0, 0.1) is 27.6 Å². The van der Waals surface area contributed by atoms with E-state index in [9.17, 15) is 0 Å². The van der Waals surface area contributed by atoms with Crippen LogP contribution in [0.3, 0.4) is 0 Å². The lowest BCUT2D eigenvalue weighted by Gasteiger charge is -2.22. The number of furan rings is 4. The van der Waals surface area contributed by atoms with Crippen LogP contribution in [0.15, 0.2) is 206 Å². The molecule has 4 nitrogen and oxygen atoms in total. The van der Waals surface area contributed by atoms with Crippen LogP contribution >= 0.6 is 0 Å². The largest absolute Gasteiger partial charge is 0.456 e. The lowest BCUT2D eigenvalue weighted by atomic mass is 9.81. The van der Waals surface area contributed by atoms with E-state index >= 15 is 0 Å². The van der Waals surface area contributed by atoms with Crippen molar-refractivity contribution in [2.24, 2.45) is 0 Å². The van der Waals surface area contributed by atoms with Crippen molar-refractivity contribution in [2.45, 2.75) is 165 Å². The van der Waals surface area contributed by atoms with Crippen molar-refractivity contribution in [3.63, 3.8) is 0 Å². The van der Waals surface area contributed by atoms with Crippen molar-refractivity contribution in [1.29, 1.82) is 0 Å². The third-order valence-corrected chi connectivity index (χ3v) is 17.5. The SMILES string of the molecule is CC(C)(C)c1ccc2c(c1)Cc1ccccc1-2.Cc1cc2oc3ccccc3c2cc1C(C)(C)C.Cc1ccc2c(oc3ccccc32)c1C(C)(C)C.Cc1ccc2oc3ccccc3c2c1C(C)(C)C.[2H]C([2H])([2H])c1c(C(C)(C)C)ccc2oc3ccccc3c12. The van der Waals surface area contributed by atoms with Crippen LogP contribution < -0.4 is 0 Å². The Balaban J connectivity index is 0.000000118. The van der Waals surface area contributed by atoms with Gasteiger partial charge in [0.1, 0.15) is 44.7 Å². The Morgan fingerprint density at radius 2 is 0.787 bits per heavy atom. The molecule has 1 aliphatic rings. The summed E-state index contributed by atoms with van der Waals surface area (Å²) in [7, 11) is 0. The Kier molecular flexibility index (Phi) is 15.3. The van der Waals surface area contributed by atoms with Crippen molar-refractivity contribution in [2.75, 3.05) is 0 Å². The predicted octanol–water partition coefficient (Wildman–Crippen LogP) is 25.3. The molecule has 10 aromatic carbocycles. The normalized spacial score (nSPS) is 13.3. The molecule has 4 heterocycles. The number of para-hydroxylation sites is 4. The molecule has 4 aromatic heterocycles. The highest BCUT2D eigenvalue weighted by Gasteiger charge is 2.26. The second kappa shape index (κ2) is 23.4. The molecule has 15 rings (SSSR count). The minimum atomic E-state index is -2.17. The first-order valence-electron chi connectivity index (χ1n) is 33.1. The topological polar surface area (TPSA) is 52.6 Å². The summed E-state index contributed by atoms with van der Waals surface area (Å²) in [6.45, 7) is 37.5. The Morgan fingerprint density at radius 3 is 1.37 bits per heavy atom. The van der Waals surface area contributed by atoms with E-state index in [1.807, 2.05) is 93.6 Å². The minimum Gasteiger partial charge on any atom is -0.456 e. The molecule has 0 atom stereocenters. The molecule has 0 saturated carbocycles. The van der Waals surface area contributed by atoms with Gasteiger partial charge in [-0.2, -0.15) is 0 Å². The van der Waals surface area contributed by atoms with Crippen molar-refractivity contribution < 1.29 is 21.8 Å². The number of rotatable bonds is 0. The smallest absolute Gasteiger partial charge is 0.139 e. The van der Waals surface area contributed by atoms with E-state index in [2.05, 4.69) is 219 Å². The molecular weight excluding hydrogens is 1080 g/mol. The molecule has 0 saturated heterocycles. The molecule has 89 heavy (non-hydrogen) atoms. The Morgan fingerprint density at radius 1 is 0.315 bits per heavy atom. The molecule has 0 aliphatic heterocycles. The fourth-order valence-electron chi connectivity index (χ4n) is 13.4. The van der Waals surface area contributed by atoms with Gasteiger partial charge in [0, 0.05) is 52.8 Å². The molecule has 454 valence electrons. The van der Waals surface area contributed by atoms with Crippen LogP contribution in [0.4, 0.5) is 0 Å². The summed E-state index contributed by atoms with van der Waals surface area (Å²) in [6, 6.07) is 64.9. The standard InChI is InChI=1S/4C17H18O.C17H18/c1-11-9-16-13(10-14(11)17(2,3)4)12-7-5-6-8-15(12)18-16;1-11-13(17(2,3)4)9-10-15-16(11)12-7-5-6-8-14(12)18-15;1-11-9-10-13-12-7-5-6-8-14(12)18-16(13)15(11)17(2,3)4;1-11-9-10-14-15(16(11)17(2,3)4)12-7-5-6-8-13(12)18-14;1-17(2,3)14-8-9-16-13(11-14)10-12-6-4-5-7-15(12)16/h4*5-10H,1-4H3;4-9,11H,10H2,1-3H3/i;1D3;;;. The molecule has 0 fully saturated rings. The first-order chi connectivity index (χ1) is 43.2. The first kappa shape index (κ1) is 58.1. The third kappa shape index (κ3) is 12.3. The van der Waals surface area contributed by atoms with Gasteiger partial charge in [0.2, 0.25) is 0 Å². The second-order valence-electron chi connectivity index (χ2n) is 29.6. The fourth-order valence-corrected chi connectivity index (χ4v) is 13.4. The molecule has 1 aliphatic carbocycles. The van der Waals surface area contributed by atoms with E-state index in [1.54, 1.807) is 0 Å². The van der Waals surface area contributed by atoms with Crippen LogP contribution in [0.25, 0.3) is 98.9 Å². The molecule has 0 bridgehead atoms. The van der Waals surface area contributed by atoms with Crippen LogP contribution in [0.1, 0.15) is 169 Å². The van der Waals surface area contributed by atoms with Gasteiger partial charge in [0.25, 0.3) is 0 Å². The molecule has 0 unspecified atom stereocenters. The highest BCUT2D eigenvalue weighted by molar-refractivity contribution is 6.09. The Labute approximate surface area is 532 Å². The van der Waals surface area contributed by atoms with Crippen molar-refractivity contribution in [3.05, 3.63) is 249 Å². The summed E-state index contributed by atoms with van der Waals surface area (Å²) in [6.07, 6.45) is 1.09. The second-order valence-corrected chi connectivity index (χ2v) is 29.6. The summed E-state index contributed by atoms with van der Waals surface area (Å²) < 4.78 is 47.7. The van der Waals surface area contributed by atoms with E-state index in [4.69, 9.17) is 21.8 Å². The molecule has 0 spiro atoms. The van der Waals surface area contributed by atoms with E-state index in [1.165, 1.54) is 93.5 Å². The number of fused-ring (bicyclic) bond motifs is 15. The monoisotopic (exact) mass is 1180 g/mol. The summed E-state index contributed by atoms with van der Waals surface area (Å²) in [5.74, 6) is 0. The van der Waals surface area contributed by atoms with Gasteiger partial charge >= 0.3 is 0 Å². The Hall–Kier alpha value is -8.60. The number of benzene rings is 10. The maximum atomic E-state index is 7.98. The molecule has 0 amide bonds. The van der Waals surface area contributed by atoms with Gasteiger partial charge in [0.05, 0.1) is 0 Å². The lowest BCUT2D eigenvalue weighted by molar-refractivity contribution is 0.569. The zero-order chi connectivity index (χ0) is 66.2. The van der Waals surface area contributed by atoms with Gasteiger partial charge in [-0.05, 0) is 176 Å². The van der Waals surface area contributed by atoms with E-state index in [-0.39, 0.29) is 27.1 Å². The molecule has 14 aromatic rings. The van der Waals surface area contributed by atoms with Gasteiger partial charge in [0.15, 0.2) is 0 Å². The average Bonchev–Trinajstić information content (AvgIpc) is 1.54. The minimum absolute atomic E-state index is 0.0947. The number of hydrogen-bond acceptors (Lipinski definition) is 4. The van der Waals surface area contributed by atoms with Crippen LogP contribution in [0.2, 0.25) is 0 Å². The molecule has 4 heteroatoms. The maximum Gasteiger partial charge on any atom is 0.139 e. The van der Waals surface area contributed by atoms with Gasteiger partial charge in [-0.25, -0.2) is 0 Å². The third-order valence-electron chi connectivity index (χ3n) is 17.5. The van der Waals surface area contributed by atoms with E-state index in [0.717, 1.165) is 61.8 Å². The lowest BCUT2D eigenvalue weighted by Crippen LogP contribution is -2.13. The number of hydrogen-bond donors (Lipinski definition) is 0. The zero-order valence-electron chi connectivity index (χ0n) is 58.7. The fraction of sp³-hybridized carbons (Fsp3) is 0.294. The molecule has 0 radical (unpaired) electrons. The predicted molar refractivity (Wildman–Crippen MR) is 382 cm³/mol.